The summed E-state index contributed by atoms with van der Waals surface area (Å²) in [5, 5.41) is 27.8. The maximum Gasteiger partial charge on any atom is 0.159 e. The Hall–Kier alpha value is -3.02. The molecule has 0 fully saturated rings. The third-order valence-electron chi connectivity index (χ3n) is 5.61. The Kier molecular flexibility index (Phi) is 3.82. The number of aromatic nitrogens is 2. The fraction of sp³-hybridized carbons (Fsp3) is 0.174. The van der Waals surface area contributed by atoms with Gasteiger partial charge in [-0.2, -0.15) is 5.10 Å². The van der Waals surface area contributed by atoms with Crippen molar-refractivity contribution >= 4 is 5.57 Å². The van der Waals surface area contributed by atoms with Crippen molar-refractivity contribution in [3.05, 3.63) is 94.7 Å². The number of allylic oxidation sites excluding steroid dienone is 2. The van der Waals surface area contributed by atoms with Gasteiger partial charge in [-0.1, -0.05) is 54.6 Å². The first-order chi connectivity index (χ1) is 13.6. The second kappa shape index (κ2) is 6.26. The monoisotopic (exact) mass is 374 g/mol. The molecule has 4 nitrogen and oxygen atoms in total. The molecule has 0 bridgehead atoms. The minimum atomic E-state index is -1.79. The quantitative estimate of drug-likeness (QED) is 0.513. The highest BCUT2D eigenvalue weighted by atomic mass is 19.1. The lowest BCUT2D eigenvalue weighted by Gasteiger charge is -2.30. The van der Waals surface area contributed by atoms with E-state index >= 15 is 4.39 Å². The Morgan fingerprint density at radius 1 is 1.18 bits per heavy atom. The minimum absolute atomic E-state index is 0.0315. The van der Waals surface area contributed by atoms with Gasteiger partial charge in [0.1, 0.15) is 0 Å². The first kappa shape index (κ1) is 17.1. The summed E-state index contributed by atoms with van der Waals surface area (Å²) in [5.41, 5.74) is 4.58. The Morgan fingerprint density at radius 2 is 2.00 bits per heavy atom. The number of rotatable bonds is 3. The van der Waals surface area contributed by atoms with Crippen LogP contribution in [-0.2, 0) is 18.6 Å². The third-order valence-corrected chi connectivity index (χ3v) is 5.61. The fourth-order valence-corrected chi connectivity index (χ4v) is 4.10. The molecule has 3 N–H and O–H groups in total. The van der Waals surface area contributed by atoms with Gasteiger partial charge in [0.25, 0.3) is 0 Å². The molecule has 5 rings (SSSR count). The molecular formula is C23H19FN2O2. The van der Waals surface area contributed by atoms with Gasteiger partial charge in [0.15, 0.2) is 11.8 Å². The number of H-pyrrole nitrogens is 1. The van der Waals surface area contributed by atoms with Crippen molar-refractivity contribution in [2.45, 2.75) is 24.8 Å². The van der Waals surface area contributed by atoms with Crippen LogP contribution in [0.4, 0.5) is 4.39 Å². The predicted molar refractivity (Wildman–Crippen MR) is 105 cm³/mol. The van der Waals surface area contributed by atoms with Crippen molar-refractivity contribution in [1.29, 1.82) is 0 Å². The zero-order chi connectivity index (χ0) is 19.3. The molecule has 2 aromatic carbocycles. The highest BCUT2D eigenvalue weighted by molar-refractivity contribution is 5.78. The lowest BCUT2D eigenvalue weighted by Crippen LogP contribution is -2.36. The van der Waals surface area contributed by atoms with E-state index in [9.17, 15) is 10.2 Å². The number of alkyl halides is 1. The lowest BCUT2D eigenvalue weighted by molar-refractivity contribution is 0.0194. The minimum Gasteiger partial charge on any atom is -0.392 e. The number of hydrogen-bond acceptors (Lipinski definition) is 3. The van der Waals surface area contributed by atoms with Gasteiger partial charge in [0, 0.05) is 17.5 Å². The molecule has 2 aliphatic carbocycles. The van der Waals surface area contributed by atoms with Crippen molar-refractivity contribution in [2.75, 3.05) is 0 Å². The second-order valence-electron chi connectivity index (χ2n) is 7.30. The summed E-state index contributed by atoms with van der Waals surface area (Å²) in [5.74, 6) is 0. The average Bonchev–Trinajstić information content (AvgIpc) is 3.29. The summed E-state index contributed by atoms with van der Waals surface area (Å²) in [6.07, 6.45) is 3.66. The molecule has 5 heteroatoms. The number of halogens is 1. The van der Waals surface area contributed by atoms with Gasteiger partial charge in [-0.3, -0.25) is 5.10 Å². The Bertz CT molecular complexity index is 1120. The van der Waals surface area contributed by atoms with Gasteiger partial charge in [-0.25, -0.2) is 4.39 Å². The zero-order valence-electron chi connectivity index (χ0n) is 15.1. The SMILES string of the molecule is OCc1ccc2c(c1)Cc1c-2n[nH]c1C1(O)C=CC(c2ccccc2)=CC1F. The zero-order valence-corrected chi connectivity index (χ0v) is 15.1. The maximum absolute atomic E-state index is 15.2. The molecule has 2 aliphatic rings. The van der Waals surface area contributed by atoms with Crippen LogP contribution in [0.2, 0.25) is 0 Å². The smallest absolute Gasteiger partial charge is 0.159 e. The van der Waals surface area contributed by atoms with Crippen LogP contribution < -0.4 is 0 Å². The van der Waals surface area contributed by atoms with E-state index in [4.69, 9.17) is 0 Å². The molecule has 2 unspecified atom stereocenters. The molecule has 0 amide bonds. The van der Waals surface area contributed by atoms with E-state index in [1.165, 1.54) is 12.2 Å². The number of aliphatic hydroxyl groups excluding tert-OH is 1. The molecule has 0 radical (unpaired) electrons. The third kappa shape index (κ3) is 2.47. The van der Waals surface area contributed by atoms with Crippen LogP contribution in [0, 0.1) is 0 Å². The van der Waals surface area contributed by atoms with Crippen molar-refractivity contribution in [1.82, 2.24) is 10.2 Å². The van der Waals surface area contributed by atoms with Crippen molar-refractivity contribution in [3.8, 4) is 11.3 Å². The van der Waals surface area contributed by atoms with Gasteiger partial charge >= 0.3 is 0 Å². The van der Waals surface area contributed by atoms with E-state index in [0.29, 0.717) is 12.1 Å². The number of aliphatic hydroxyl groups is 2. The van der Waals surface area contributed by atoms with Crippen LogP contribution in [0.5, 0.6) is 0 Å². The van der Waals surface area contributed by atoms with Crippen molar-refractivity contribution in [3.63, 3.8) is 0 Å². The van der Waals surface area contributed by atoms with Crippen LogP contribution in [0.1, 0.15) is 27.9 Å². The number of nitrogens with one attached hydrogen (secondary N) is 1. The molecule has 0 saturated heterocycles. The van der Waals surface area contributed by atoms with Crippen molar-refractivity contribution < 1.29 is 14.6 Å². The van der Waals surface area contributed by atoms with E-state index < -0.39 is 11.8 Å². The first-order valence-electron chi connectivity index (χ1n) is 9.24. The molecule has 3 aromatic rings. The maximum atomic E-state index is 15.2. The molecule has 0 spiro atoms. The highest BCUT2D eigenvalue weighted by Crippen LogP contribution is 2.44. The van der Waals surface area contributed by atoms with E-state index in [-0.39, 0.29) is 6.61 Å². The molecule has 2 atom stereocenters. The topological polar surface area (TPSA) is 69.1 Å². The van der Waals surface area contributed by atoms with E-state index in [1.54, 1.807) is 6.08 Å². The Labute approximate surface area is 161 Å². The highest BCUT2D eigenvalue weighted by Gasteiger charge is 2.43. The fourth-order valence-electron chi connectivity index (χ4n) is 4.10. The van der Waals surface area contributed by atoms with Gasteiger partial charge < -0.3 is 10.2 Å². The summed E-state index contributed by atoms with van der Waals surface area (Å²) in [4.78, 5) is 0. The van der Waals surface area contributed by atoms with Gasteiger partial charge in [-0.15, -0.1) is 0 Å². The average molecular weight is 374 g/mol. The summed E-state index contributed by atoms with van der Waals surface area (Å²) in [6, 6.07) is 15.2. The molecule has 140 valence electrons. The normalized spacial score (nSPS) is 22.7. The predicted octanol–water partition coefficient (Wildman–Crippen LogP) is 3.65. The van der Waals surface area contributed by atoms with Crippen LogP contribution in [0.3, 0.4) is 0 Å². The van der Waals surface area contributed by atoms with E-state index in [2.05, 4.69) is 10.2 Å². The molecule has 0 aliphatic heterocycles. The van der Waals surface area contributed by atoms with E-state index in [0.717, 1.165) is 39.1 Å². The van der Waals surface area contributed by atoms with Crippen LogP contribution >= 0.6 is 0 Å². The number of aromatic amines is 1. The second-order valence-corrected chi connectivity index (χ2v) is 7.30. The number of fused-ring (bicyclic) bond motifs is 3. The first-order valence-corrected chi connectivity index (χ1v) is 9.24. The molecular weight excluding hydrogens is 355 g/mol. The molecule has 1 aromatic heterocycles. The van der Waals surface area contributed by atoms with Crippen LogP contribution in [0.25, 0.3) is 16.8 Å². The Balaban J connectivity index is 1.51. The van der Waals surface area contributed by atoms with Gasteiger partial charge in [-0.05, 0) is 34.4 Å². The number of nitrogens with zero attached hydrogens (tertiary/aromatic N) is 1. The summed E-state index contributed by atoms with van der Waals surface area (Å²) < 4.78 is 15.2. The standard InChI is InChI=1S/C23H19FN2O2/c24-20-12-16(15-4-2-1-3-5-15)8-9-23(20,28)22-19-11-17-10-14(13-27)6-7-18(17)21(19)25-26-22/h1-10,12,20,27-28H,11,13H2,(H,25,26). The summed E-state index contributed by atoms with van der Waals surface area (Å²) >= 11 is 0. The van der Waals surface area contributed by atoms with Crippen LogP contribution in [0.15, 0.2) is 66.8 Å². The van der Waals surface area contributed by atoms with Crippen molar-refractivity contribution in [2.24, 2.45) is 0 Å². The largest absolute Gasteiger partial charge is 0.392 e. The summed E-state index contributed by atoms with van der Waals surface area (Å²) in [6.45, 7) is -0.0315. The molecule has 1 heterocycles. The lowest BCUT2D eigenvalue weighted by atomic mass is 9.84. The number of benzene rings is 2. The summed E-state index contributed by atoms with van der Waals surface area (Å²) in [7, 11) is 0. The van der Waals surface area contributed by atoms with E-state index in [1.807, 2.05) is 48.5 Å². The van der Waals surface area contributed by atoms with Crippen LogP contribution in [-0.4, -0.2) is 26.6 Å². The Morgan fingerprint density at radius 3 is 2.75 bits per heavy atom. The molecule has 0 saturated carbocycles. The number of hydrogen-bond donors (Lipinski definition) is 3. The molecule has 28 heavy (non-hydrogen) atoms. The van der Waals surface area contributed by atoms with Gasteiger partial charge in [0.05, 0.1) is 18.0 Å². The van der Waals surface area contributed by atoms with Gasteiger partial charge in [0.2, 0.25) is 0 Å².